The van der Waals surface area contributed by atoms with Gasteiger partial charge in [0.05, 0.1) is 15.2 Å². The van der Waals surface area contributed by atoms with E-state index in [1.807, 2.05) is 0 Å². The number of esters is 1. The van der Waals surface area contributed by atoms with E-state index in [0.717, 1.165) is 6.08 Å². The minimum absolute atomic E-state index is 0.394. The zero-order chi connectivity index (χ0) is 18.0. The Balaban J connectivity index is -0.000000306. The van der Waals surface area contributed by atoms with Gasteiger partial charge < -0.3 is 4.74 Å². The summed E-state index contributed by atoms with van der Waals surface area (Å²) in [7, 11) is 0.550. The Morgan fingerprint density at radius 3 is 1.86 bits per heavy atom. The van der Waals surface area contributed by atoms with Crippen molar-refractivity contribution in [2.75, 3.05) is 7.11 Å². The van der Waals surface area contributed by atoms with Gasteiger partial charge in [-0.2, -0.15) is 0 Å². The number of carbonyl (C=O) groups excluding carboxylic acids is 1. The molecular formula is C19H38O2Si. The SMILES string of the molecule is C=C.C=C.C=CC(=O)OC.CCC1CCCC[Si]1(CC)CC. The van der Waals surface area contributed by atoms with Crippen molar-refractivity contribution in [1.82, 2.24) is 0 Å². The highest BCUT2D eigenvalue weighted by molar-refractivity contribution is 6.81. The van der Waals surface area contributed by atoms with Crippen LogP contribution in [0.2, 0.25) is 23.7 Å². The Morgan fingerprint density at radius 2 is 1.64 bits per heavy atom. The molecule has 0 aromatic heterocycles. The predicted molar refractivity (Wildman–Crippen MR) is 104 cm³/mol. The fourth-order valence-electron chi connectivity index (χ4n) is 3.28. The van der Waals surface area contributed by atoms with Crippen molar-refractivity contribution in [3.05, 3.63) is 39.0 Å². The number of carbonyl (C=O) groups is 1. The van der Waals surface area contributed by atoms with Gasteiger partial charge in [-0.1, -0.05) is 71.2 Å². The average Bonchev–Trinajstić information content (AvgIpc) is 2.64. The molecule has 0 aromatic carbocycles. The van der Waals surface area contributed by atoms with E-state index in [1.165, 1.54) is 25.5 Å². The van der Waals surface area contributed by atoms with Gasteiger partial charge in [-0.25, -0.2) is 4.79 Å². The van der Waals surface area contributed by atoms with Crippen LogP contribution in [0, 0.1) is 0 Å². The van der Waals surface area contributed by atoms with Crippen LogP contribution in [-0.2, 0) is 9.53 Å². The van der Waals surface area contributed by atoms with Gasteiger partial charge in [0.25, 0.3) is 0 Å². The summed E-state index contributed by atoms with van der Waals surface area (Å²) in [6, 6.07) is 4.72. The van der Waals surface area contributed by atoms with Crippen molar-refractivity contribution in [3.63, 3.8) is 0 Å². The molecule has 1 atom stereocenters. The standard InChI is InChI=1S/C11H24Si.C4H6O2.2C2H4/c1-4-11-9-7-8-10-12(11,5-2)6-3;1-3-4(5)6-2;2*1-2/h11H,4-10H2,1-3H3;3H,1H2,2H3;2*1-2H2. The summed E-state index contributed by atoms with van der Waals surface area (Å²) in [6.45, 7) is 22.5. The summed E-state index contributed by atoms with van der Waals surface area (Å²) in [6.07, 6.45) is 7.20. The number of ether oxygens (including phenoxy) is 1. The van der Waals surface area contributed by atoms with Gasteiger partial charge in [0.15, 0.2) is 0 Å². The maximum absolute atomic E-state index is 9.84. The molecule has 1 unspecified atom stereocenters. The lowest BCUT2D eigenvalue weighted by Crippen LogP contribution is -2.40. The van der Waals surface area contributed by atoms with E-state index in [4.69, 9.17) is 0 Å². The molecule has 130 valence electrons. The van der Waals surface area contributed by atoms with Crippen LogP contribution in [0.1, 0.15) is 46.5 Å². The zero-order valence-corrected chi connectivity index (χ0v) is 16.5. The quantitative estimate of drug-likeness (QED) is 0.259. The molecule has 0 aliphatic carbocycles. The summed E-state index contributed by atoms with van der Waals surface area (Å²) < 4.78 is 4.14. The first-order valence-corrected chi connectivity index (χ1v) is 11.0. The first kappa shape index (κ1) is 25.8. The van der Waals surface area contributed by atoms with E-state index >= 15 is 0 Å². The lowest BCUT2D eigenvalue weighted by molar-refractivity contribution is -0.134. The lowest BCUT2D eigenvalue weighted by atomic mass is 10.1. The van der Waals surface area contributed by atoms with Crippen LogP contribution >= 0.6 is 0 Å². The maximum atomic E-state index is 9.84. The maximum Gasteiger partial charge on any atom is 0.329 e. The third kappa shape index (κ3) is 9.77. The van der Waals surface area contributed by atoms with E-state index in [0.29, 0.717) is 0 Å². The van der Waals surface area contributed by atoms with E-state index in [2.05, 4.69) is 58.4 Å². The van der Waals surface area contributed by atoms with Gasteiger partial charge in [-0.05, 0) is 5.54 Å². The Kier molecular flexibility index (Phi) is 21.1. The summed E-state index contributed by atoms with van der Waals surface area (Å²) in [4.78, 5) is 9.84. The first-order valence-electron chi connectivity index (χ1n) is 8.30. The minimum atomic E-state index is -0.760. The zero-order valence-electron chi connectivity index (χ0n) is 15.5. The Bertz CT molecular complexity index is 271. The molecule has 0 amide bonds. The van der Waals surface area contributed by atoms with Crippen molar-refractivity contribution in [2.24, 2.45) is 0 Å². The third-order valence-electron chi connectivity index (χ3n) is 4.61. The van der Waals surface area contributed by atoms with Crippen LogP contribution in [0.15, 0.2) is 39.0 Å². The molecule has 0 saturated carbocycles. The molecule has 0 spiro atoms. The topological polar surface area (TPSA) is 26.3 Å². The van der Waals surface area contributed by atoms with Crippen molar-refractivity contribution in [3.8, 4) is 0 Å². The lowest BCUT2D eigenvalue weighted by Gasteiger charge is -2.41. The fourth-order valence-corrected chi connectivity index (χ4v) is 8.69. The minimum Gasteiger partial charge on any atom is -0.466 e. The van der Waals surface area contributed by atoms with Gasteiger partial charge in [0.1, 0.15) is 0 Å². The van der Waals surface area contributed by atoms with Crippen molar-refractivity contribution < 1.29 is 9.53 Å². The summed E-state index contributed by atoms with van der Waals surface area (Å²) in [5.41, 5.74) is 1.17. The largest absolute Gasteiger partial charge is 0.466 e. The van der Waals surface area contributed by atoms with Gasteiger partial charge >= 0.3 is 5.97 Å². The molecule has 3 heteroatoms. The average molecular weight is 327 g/mol. The molecule has 0 radical (unpaired) electrons. The van der Waals surface area contributed by atoms with Gasteiger partial charge in [0.2, 0.25) is 0 Å². The second-order valence-electron chi connectivity index (χ2n) is 5.15. The summed E-state index contributed by atoms with van der Waals surface area (Å²) in [5.74, 6) is -0.394. The Labute approximate surface area is 140 Å². The van der Waals surface area contributed by atoms with Crippen LogP contribution in [0.25, 0.3) is 0 Å². The highest BCUT2D eigenvalue weighted by atomic mass is 28.3. The van der Waals surface area contributed by atoms with Crippen LogP contribution in [0.5, 0.6) is 0 Å². The van der Waals surface area contributed by atoms with Crippen molar-refractivity contribution in [2.45, 2.75) is 70.1 Å². The molecule has 1 aliphatic heterocycles. The molecule has 2 nitrogen and oxygen atoms in total. The van der Waals surface area contributed by atoms with E-state index in [9.17, 15) is 4.79 Å². The predicted octanol–water partition coefficient (Wildman–Crippen LogP) is 6.39. The van der Waals surface area contributed by atoms with E-state index in [1.54, 1.807) is 31.0 Å². The van der Waals surface area contributed by atoms with Crippen LogP contribution in [0.4, 0.5) is 0 Å². The van der Waals surface area contributed by atoms with E-state index < -0.39 is 14.0 Å². The Morgan fingerprint density at radius 1 is 1.14 bits per heavy atom. The second kappa shape index (κ2) is 18.0. The second-order valence-corrected chi connectivity index (χ2v) is 10.6. The highest BCUT2D eigenvalue weighted by Gasteiger charge is 2.38. The van der Waals surface area contributed by atoms with Gasteiger partial charge in [-0.3, -0.25) is 0 Å². The fraction of sp³-hybridized carbons (Fsp3) is 0.632. The van der Waals surface area contributed by atoms with Crippen LogP contribution < -0.4 is 0 Å². The molecular weight excluding hydrogens is 288 g/mol. The van der Waals surface area contributed by atoms with Gasteiger partial charge in [-0.15, -0.1) is 26.3 Å². The molecule has 1 aliphatic rings. The monoisotopic (exact) mass is 326 g/mol. The van der Waals surface area contributed by atoms with Gasteiger partial charge in [0, 0.05) is 6.08 Å². The smallest absolute Gasteiger partial charge is 0.329 e. The molecule has 0 aromatic rings. The van der Waals surface area contributed by atoms with Crippen LogP contribution in [0.3, 0.4) is 0 Å². The molecule has 1 rings (SSSR count). The van der Waals surface area contributed by atoms with Crippen LogP contribution in [-0.4, -0.2) is 21.2 Å². The molecule has 1 fully saturated rings. The number of rotatable bonds is 4. The van der Waals surface area contributed by atoms with Crippen molar-refractivity contribution >= 4 is 14.0 Å². The molecule has 1 heterocycles. The summed E-state index contributed by atoms with van der Waals surface area (Å²) in [5, 5.41) is 0. The number of methoxy groups -OCH3 is 1. The Hall–Kier alpha value is -1.09. The highest BCUT2D eigenvalue weighted by Crippen LogP contribution is 2.44. The number of hydrogen-bond acceptors (Lipinski definition) is 2. The number of hydrogen-bond donors (Lipinski definition) is 0. The van der Waals surface area contributed by atoms with E-state index in [-0.39, 0.29) is 0 Å². The molecule has 22 heavy (non-hydrogen) atoms. The third-order valence-corrected chi connectivity index (χ3v) is 11.2. The summed E-state index contributed by atoms with van der Waals surface area (Å²) >= 11 is 0. The molecule has 0 bridgehead atoms. The molecule has 0 N–H and O–H groups in total. The molecule has 1 saturated heterocycles. The first-order chi connectivity index (χ1) is 10.6. The normalized spacial score (nSPS) is 17.9. The van der Waals surface area contributed by atoms with Crippen molar-refractivity contribution in [1.29, 1.82) is 0 Å².